The van der Waals surface area contributed by atoms with Gasteiger partial charge in [-0.15, -0.1) is 0 Å². The number of nitrogens with one attached hydrogen (secondary N) is 2. The summed E-state index contributed by atoms with van der Waals surface area (Å²) in [6.07, 6.45) is 0. The maximum Gasteiger partial charge on any atom is 0.271 e. The number of nitrogens with zero attached hydrogens (tertiary/aromatic N) is 1. The highest BCUT2D eigenvalue weighted by atomic mass is 32.1. The number of non-ortho nitro benzene ring substituents is 1. The van der Waals surface area contributed by atoms with Gasteiger partial charge in [0.25, 0.3) is 5.69 Å². The van der Waals surface area contributed by atoms with Crippen LogP contribution >= 0.6 is 12.2 Å². The zero-order valence-electron chi connectivity index (χ0n) is 11.7. The topological polar surface area (TPSA) is 67.2 Å². The number of hydrogen-bond donors (Lipinski definition) is 2. The second-order valence-corrected chi connectivity index (χ2v) is 5.11. The van der Waals surface area contributed by atoms with Crippen molar-refractivity contribution in [2.24, 2.45) is 0 Å². The predicted molar refractivity (Wildman–Crippen MR) is 88.9 cm³/mol. The summed E-state index contributed by atoms with van der Waals surface area (Å²) in [6.45, 7) is 4.02. The van der Waals surface area contributed by atoms with Gasteiger partial charge in [-0.05, 0) is 43.8 Å². The fourth-order valence-electron chi connectivity index (χ4n) is 1.94. The molecule has 2 aromatic rings. The van der Waals surface area contributed by atoms with Crippen molar-refractivity contribution in [2.45, 2.75) is 13.8 Å². The molecule has 0 saturated heterocycles. The number of anilines is 2. The Morgan fingerprint density at radius 1 is 1.14 bits per heavy atom. The zero-order chi connectivity index (χ0) is 15.4. The molecule has 108 valence electrons. The van der Waals surface area contributed by atoms with E-state index in [0.29, 0.717) is 10.8 Å². The van der Waals surface area contributed by atoms with Crippen LogP contribution in [0.2, 0.25) is 0 Å². The molecule has 0 aromatic heterocycles. The lowest BCUT2D eigenvalue weighted by atomic mass is 10.1. The molecule has 0 aliphatic carbocycles. The first kappa shape index (κ1) is 14.9. The molecule has 2 rings (SSSR count). The Kier molecular flexibility index (Phi) is 4.49. The SMILES string of the molecule is Cc1ccc(NC(=S)Nc2cccc([N+](=O)[O-])c2)c(C)c1. The second kappa shape index (κ2) is 6.32. The molecule has 2 aromatic carbocycles. The number of hydrogen-bond acceptors (Lipinski definition) is 3. The third-order valence-electron chi connectivity index (χ3n) is 2.94. The Bertz CT molecular complexity index is 701. The molecule has 0 fully saturated rings. The van der Waals surface area contributed by atoms with Gasteiger partial charge in [-0.25, -0.2) is 0 Å². The molecule has 0 aliphatic rings. The van der Waals surface area contributed by atoms with E-state index < -0.39 is 4.92 Å². The fraction of sp³-hybridized carbons (Fsp3) is 0.133. The minimum Gasteiger partial charge on any atom is -0.332 e. The summed E-state index contributed by atoms with van der Waals surface area (Å²) in [4.78, 5) is 10.3. The Balaban J connectivity index is 2.08. The maximum absolute atomic E-state index is 10.7. The van der Waals surface area contributed by atoms with Gasteiger partial charge in [-0.3, -0.25) is 10.1 Å². The molecule has 0 atom stereocenters. The summed E-state index contributed by atoms with van der Waals surface area (Å²) in [7, 11) is 0. The lowest BCUT2D eigenvalue weighted by Gasteiger charge is -2.13. The largest absolute Gasteiger partial charge is 0.332 e. The van der Waals surface area contributed by atoms with Crippen molar-refractivity contribution in [3.63, 3.8) is 0 Å². The van der Waals surface area contributed by atoms with Crippen LogP contribution in [0.15, 0.2) is 42.5 Å². The van der Waals surface area contributed by atoms with E-state index >= 15 is 0 Å². The number of nitro benzene ring substituents is 1. The van der Waals surface area contributed by atoms with Crippen LogP contribution < -0.4 is 10.6 Å². The quantitative estimate of drug-likeness (QED) is 0.509. The summed E-state index contributed by atoms with van der Waals surface area (Å²) < 4.78 is 0. The molecular weight excluding hydrogens is 286 g/mol. The first-order valence-electron chi connectivity index (χ1n) is 6.35. The lowest BCUT2D eigenvalue weighted by Crippen LogP contribution is -2.19. The molecule has 0 saturated carbocycles. The van der Waals surface area contributed by atoms with Crippen molar-refractivity contribution in [3.05, 3.63) is 63.7 Å². The van der Waals surface area contributed by atoms with Crippen molar-refractivity contribution in [1.82, 2.24) is 0 Å². The maximum atomic E-state index is 10.7. The molecule has 0 heterocycles. The average Bonchev–Trinajstić information content (AvgIpc) is 2.42. The molecule has 21 heavy (non-hydrogen) atoms. The number of aryl methyl sites for hydroxylation is 2. The summed E-state index contributed by atoms with van der Waals surface area (Å²) in [5, 5.41) is 17.2. The predicted octanol–water partition coefficient (Wildman–Crippen LogP) is 4.02. The van der Waals surface area contributed by atoms with Crippen molar-refractivity contribution >= 4 is 34.4 Å². The van der Waals surface area contributed by atoms with Gasteiger partial charge in [0, 0.05) is 23.5 Å². The first-order valence-corrected chi connectivity index (χ1v) is 6.76. The molecule has 2 N–H and O–H groups in total. The van der Waals surface area contributed by atoms with Crippen LogP contribution in [0.3, 0.4) is 0 Å². The second-order valence-electron chi connectivity index (χ2n) is 4.70. The van der Waals surface area contributed by atoms with Crippen LogP contribution in [-0.2, 0) is 0 Å². The van der Waals surface area contributed by atoms with Crippen LogP contribution in [0.4, 0.5) is 17.1 Å². The highest BCUT2D eigenvalue weighted by molar-refractivity contribution is 7.80. The number of benzene rings is 2. The van der Waals surface area contributed by atoms with Crippen molar-refractivity contribution < 1.29 is 4.92 Å². The van der Waals surface area contributed by atoms with Crippen molar-refractivity contribution in [1.29, 1.82) is 0 Å². The minimum atomic E-state index is -0.439. The van der Waals surface area contributed by atoms with Gasteiger partial charge in [0.15, 0.2) is 5.11 Å². The molecule has 0 aliphatic heterocycles. The molecule has 5 nitrogen and oxygen atoms in total. The van der Waals surface area contributed by atoms with E-state index in [1.165, 1.54) is 17.7 Å². The minimum absolute atomic E-state index is 0.0225. The van der Waals surface area contributed by atoms with Crippen LogP contribution in [0.1, 0.15) is 11.1 Å². The van der Waals surface area contributed by atoms with Crippen molar-refractivity contribution in [2.75, 3.05) is 10.6 Å². The van der Waals surface area contributed by atoms with Gasteiger partial charge in [0.2, 0.25) is 0 Å². The Morgan fingerprint density at radius 3 is 2.57 bits per heavy atom. The fourth-order valence-corrected chi connectivity index (χ4v) is 2.16. The Labute approximate surface area is 128 Å². The van der Waals surface area contributed by atoms with Gasteiger partial charge >= 0.3 is 0 Å². The highest BCUT2D eigenvalue weighted by Gasteiger charge is 2.07. The normalized spacial score (nSPS) is 10.0. The molecular formula is C15H15N3O2S. The van der Waals surface area contributed by atoms with Crippen molar-refractivity contribution in [3.8, 4) is 0 Å². The molecule has 0 unspecified atom stereocenters. The molecule has 6 heteroatoms. The lowest BCUT2D eigenvalue weighted by molar-refractivity contribution is -0.384. The van der Waals surface area contributed by atoms with E-state index in [9.17, 15) is 10.1 Å². The van der Waals surface area contributed by atoms with Crippen LogP contribution in [0.25, 0.3) is 0 Å². The number of thiocarbonyl (C=S) groups is 1. The number of nitro groups is 1. The van der Waals surface area contributed by atoms with Crippen LogP contribution in [-0.4, -0.2) is 10.0 Å². The molecule has 0 amide bonds. The Hall–Kier alpha value is -2.47. The van der Waals surface area contributed by atoms with Gasteiger partial charge in [0.1, 0.15) is 0 Å². The van der Waals surface area contributed by atoms with E-state index in [2.05, 4.69) is 16.7 Å². The summed E-state index contributed by atoms with van der Waals surface area (Å²) in [6, 6.07) is 12.2. The molecule has 0 bridgehead atoms. The molecule has 0 spiro atoms. The Morgan fingerprint density at radius 2 is 1.90 bits per heavy atom. The standard InChI is InChI=1S/C15H15N3O2S/c1-10-6-7-14(11(2)8-10)17-15(21)16-12-4-3-5-13(9-12)18(19)20/h3-9H,1-2H3,(H2,16,17,21). The van der Waals surface area contributed by atoms with E-state index in [1.807, 2.05) is 26.0 Å². The average molecular weight is 301 g/mol. The summed E-state index contributed by atoms with van der Waals surface area (Å²) in [5.41, 5.74) is 3.76. The van der Waals surface area contributed by atoms with Gasteiger partial charge in [-0.2, -0.15) is 0 Å². The third-order valence-corrected chi connectivity index (χ3v) is 3.15. The van der Waals surface area contributed by atoms with Gasteiger partial charge in [0.05, 0.1) is 4.92 Å². The van der Waals surface area contributed by atoms with E-state index in [4.69, 9.17) is 12.2 Å². The summed E-state index contributed by atoms with van der Waals surface area (Å²) in [5.74, 6) is 0. The van der Waals surface area contributed by atoms with E-state index in [-0.39, 0.29) is 5.69 Å². The monoisotopic (exact) mass is 301 g/mol. The molecule has 0 radical (unpaired) electrons. The van der Waals surface area contributed by atoms with Gasteiger partial charge in [-0.1, -0.05) is 23.8 Å². The number of rotatable bonds is 3. The smallest absolute Gasteiger partial charge is 0.271 e. The van der Waals surface area contributed by atoms with E-state index in [0.717, 1.165) is 11.3 Å². The van der Waals surface area contributed by atoms with Gasteiger partial charge < -0.3 is 10.6 Å². The summed E-state index contributed by atoms with van der Waals surface area (Å²) >= 11 is 5.23. The van der Waals surface area contributed by atoms with Crippen LogP contribution in [0.5, 0.6) is 0 Å². The first-order chi connectivity index (χ1) is 9.95. The van der Waals surface area contributed by atoms with Crippen LogP contribution in [0, 0.1) is 24.0 Å². The van der Waals surface area contributed by atoms with E-state index in [1.54, 1.807) is 12.1 Å². The third kappa shape index (κ3) is 4.00. The zero-order valence-corrected chi connectivity index (χ0v) is 12.5. The highest BCUT2D eigenvalue weighted by Crippen LogP contribution is 2.19.